The van der Waals surface area contributed by atoms with E-state index in [1.807, 2.05) is 0 Å². The molecule has 1 atom stereocenters. The van der Waals surface area contributed by atoms with Crippen molar-refractivity contribution in [1.82, 2.24) is 5.32 Å². The van der Waals surface area contributed by atoms with Crippen molar-refractivity contribution in [2.45, 2.75) is 19.0 Å². The Kier molecular flexibility index (Phi) is 2.44. The molecule has 1 saturated heterocycles. The third-order valence-electron chi connectivity index (χ3n) is 2.09. The lowest BCUT2D eigenvalue weighted by molar-refractivity contribution is -0.00909. The molecule has 1 aromatic rings. The van der Waals surface area contributed by atoms with Crippen LogP contribution in [0.15, 0.2) is 17.5 Å². The van der Waals surface area contributed by atoms with Crippen LogP contribution in [0.25, 0.3) is 0 Å². The first-order valence-electron chi connectivity index (χ1n) is 4.23. The largest absolute Gasteiger partial charge is 0.378 e. The summed E-state index contributed by atoms with van der Waals surface area (Å²) in [5, 5.41) is 5.62. The Bertz CT molecular complexity index is 231. The zero-order chi connectivity index (χ0) is 8.39. The van der Waals surface area contributed by atoms with Gasteiger partial charge in [-0.1, -0.05) is 6.07 Å². The Morgan fingerprint density at radius 2 is 2.50 bits per heavy atom. The van der Waals surface area contributed by atoms with Crippen LogP contribution in [-0.4, -0.2) is 19.3 Å². The average Bonchev–Trinajstić information content (AvgIpc) is 2.47. The second-order valence-corrected chi connectivity index (χ2v) is 4.12. The van der Waals surface area contributed by atoms with Crippen molar-refractivity contribution in [3.8, 4) is 0 Å². The Morgan fingerprint density at radius 1 is 1.67 bits per heavy atom. The van der Waals surface area contributed by atoms with E-state index in [0.717, 1.165) is 13.2 Å². The van der Waals surface area contributed by atoms with Crippen LogP contribution in [0.5, 0.6) is 0 Å². The zero-order valence-electron chi connectivity index (χ0n) is 7.12. The molecule has 1 aliphatic rings. The molecule has 0 radical (unpaired) electrons. The highest BCUT2D eigenvalue weighted by molar-refractivity contribution is 7.10. The highest BCUT2D eigenvalue weighted by atomic mass is 32.1. The lowest BCUT2D eigenvalue weighted by Gasteiger charge is -2.29. The topological polar surface area (TPSA) is 21.3 Å². The molecule has 0 amide bonds. The highest BCUT2D eigenvalue weighted by Crippen LogP contribution is 2.19. The van der Waals surface area contributed by atoms with Crippen LogP contribution >= 0.6 is 11.3 Å². The van der Waals surface area contributed by atoms with E-state index in [-0.39, 0.29) is 0 Å². The second-order valence-electron chi connectivity index (χ2n) is 3.14. The van der Waals surface area contributed by atoms with Gasteiger partial charge in [0.05, 0.1) is 19.3 Å². The van der Waals surface area contributed by atoms with E-state index in [0.29, 0.717) is 12.1 Å². The van der Waals surface area contributed by atoms with Gasteiger partial charge in [0, 0.05) is 10.9 Å². The summed E-state index contributed by atoms with van der Waals surface area (Å²) in [7, 11) is 0. The summed E-state index contributed by atoms with van der Waals surface area (Å²) in [6.07, 6.45) is 0. The van der Waals surface area contributed by atoms with E-state index in [1.54, 1.807) is 11.3 Å². The van der Waals surface area contributed by atoms with Crippen LogP contribution < -0.4 is 5.32 Å². The van der Waals surface area contributed by atoms with Crippen LogP contribution in [-0.2, 0) is 4.74 Å². The minimum atomic E-state index is 0.471. The fourth-order valence-electron chi connectivity index (χ4n) is 1.31. The summed E-state index contributed by atoms with van der Waals surface area (Å²) in [4.78, 5) is 1.40. The molecular weight excluding hydrogens is 170 g/mol. The number of hydrogen-bond acceptors (Lipinski definition) is 3. The van der Waals surface area contributed by atoms with Gasteiger partial charge in [0.1, 0.15) is 0 Å². The molecule has 2 rings (SSSR count). The van der Waals surface area contributed by atoms with Gasteiger partial charge in [0.2, 0.25) is 0 Å². The minimum absolute atomic E-state index is 0.471. The van der Waals surface area contributed by atoms with Crippen LogP contribution in [0.2, 0.25) is 0 Å². The van der Waals surface area contributed by atoms with Crippen LogP contribution in [0.1, 0.15) is 17.8 Å². The summed E-state index contributed by atoms with van der Waals surface area (Å²) >= 11 is 1.80. The summed E-state index contributed by atoms with van der Waals surface area (Å²) in [5.41, 5.74) is 0. The molecule has 1 aliphatic heterocycles. The third-order valence-corrected chi connectivity index (χ3v) is 3.15. The number of thiophene rings is 1. The average molecular weight is 183 g/mol. The van der Waals surface area contributed by atoms with Crippen molar-refractivity contribution >= 4 is 11.3 Å². The molecule has 3 heteroatoms. The number of ether oxygens (including phenoxy) is 1. The van der Waals surface area contributed by atoms with Crippen molar-refractivity contribution in [3.63, 3.8) is 0 Å². The molecule has 66 valence electrons. The summed E-state index contributed by atoms with van der Waals surface area (Å²) < 4.78 is 5.09. The molecule has 12 heavy (non-hydrogen) atoms. The van der Waals surface area contributed by atoms with Gasteiger partial charge in [-0.05, 0) is 18.4 Å². The Labute approximate surface area is 76.6 Å². The summed E-state index contributed by atoms with van der Waals surface area (Å²) in [5.74, 6) is 0. The Morgan fingerprint density at radius 3 is 3.00 bits per heavy atom. The minimum Gasteiger partial charge on any atom is -0.378 e. The van der Waals surface area contributed by atoms with E-state index in [1.165, 1.54) is 4.88 Å². The molecule has 2 nitrogen and oxygen atoms in total. The maximum Gasteiger partial charge on any atom is 0.0643 e. The highest BCUT2D eigenvalue weighted by Gasteiger charge is 2.20. The zero-order valence-corrected chi connectivity index (χ0v) is 7.93. The van der Waals surface area contributed by atoms with E-state index in [4.69, 9.17) is 4.74 Å². The standard InChI is InChI=1S/C9H13NOS/c1-7(9-3-2-4-12-9)10-8-5-11-6-8/h2-4,7-8,10H,5-6H2,1H3/t7-/m1/s1. The molecule has 0 bridgehead atoms. The monoisotopic (exact) mass is 183 g/mol. The SMILES string of the molecule is C[C@@H](NC1COC1)c1cccs1. The number of hydrogen-bond donors (Lipinski definition) is 1. The molecule has 2 heterocycles. The van der Waals surface area contributed by atoms with Gasteiger partial charge in [-0.15, -0.1) is 11.3 Å². The van der Waals surface area contributed by atoms with Crippen molar-refractivity contribution < 1.29 is 4.74 Å². The summed E-state index contributed by atoms with van der Waals surface area (Å²) in [6, 6.07) is 5.30. The van der Waals surface area contributed by atoms with Gasteiger partial charge < -0.3 is 10.1 Å². The van der Waals surface area contributed by atoms with Crippen molar-refractivity contribution in [2.24, 2.45) is 0 Å². The summed E-state index contributed by atoms with van der Waals surface area (Å²) in [6.45, 7) is 3.94. The van der Waals surface area contributed by atoms with Crippen LogP contribution in [0.4, 0.5) is 0 Å². The third kappa shape index (κ3) is 1.68. The van der Waals surface area contributed by atoms with Crippen molar-refractivity contribution in [3.05, 3.63) is 22.4 Å². The molecule has 1 fully saturated rings. The quantitative estimate of drug-likeness (QED) is 0.771. The molecule has 1 N–H and O–H groups in total. The molecular formula is C9H13NOS. The fraction of sp³-hybridized carbons (Fsp3) is 0.556. The second kappa shape index (κ2) is 3.56. The maximum atomic E-state index is 5.09. The molecule has 0 saturated carbocycles. The van der Waals surface area contributed by atoms with Gasteiger partial charge in [-0.3, -0.25) is 0 Å². The molecule has 0 aliphatic carbocycles. The van der Waals surface area contributed by atoms with Crippen LogP contribution in [0.3, 0.4) is 0 Å². The van der Waals surface area contributed by atoms with Gasteiger partial charge in [-0.2, -0.15) is 0 Å². The normalized spacial score (nSPS) is 20.4. The lowest BCUT2D eigenvalue weighted by atomic mass is 10.2. The van der Waals surface area contributed by atoms with Crippen LogP contribution in [0, 0.1) is 0 Å². The lowest BCUT2D eigenvalue weighted by Crippen LogP contribution is -2.46. The molecule has 1 aromatic heterocycles. The van der Waals surface area contributed by atoms with E-state index in [9.17, 15) is 0 Å². The predicted octanol–water partition coefficient (Wildman–Crippen LogP) is 1.80. The first kappa shape index (κ1) is 8.23. The van der Waals surface area contributed by atoms with Gasteiger partial charge in [-0.25, -0.2) is 0 Å². The van der Waals surface area contributed by atoms with Gasteiger partial charge in [0.25, 0.3) is 0 Å². The Balaban J connectivity index is 1.87. The maximum absolute atomic E-state index is 5.09. The number of nitrogens with one attached hydrogen (secondary N) is 1. The smallest absolute Gasteiger partial charge is 0.0643 e. The molecule has 0 spiro atoms. The van der Waals surface area contributed by atoms with Crippen molar-refractivity contribution in [1.29, 1.82) is 0 Å². The van der Waals surface area contributed by atoms with E-state index in [2.05, 4.69) is 29.8 Å². The van der Waals surface area contributed by atoms with E-state index < -0.39 is 0 Å². The van der Waals surface area contributed by atoms with E-state index >= 15 is 0 Å². The first-order valence-corrected chi connectivity index (χ1v) is 5.11. The first-order chi connectivity index (χ1) is 5.86. The van der Waals surface area contributed by atoms with Crippen molar-refractivity contribution in [2.75, 3.05) is 13.2 Å². The Hall–Kier alpha value is -0.380. The van der Waals surface area contributed by atoms with Gasteiger partial charge >= 0.3 is 0 Å². The predicted molar refractivity (Wildman–Crippen MR) is 50.5 cm³/mol. The van der Waals surface area contributed by atoms with Gasteiger partial charge in [0.15, 0.2) is 0 Å². The number of rotatable bonds is 3. The molecule has 0 aromatic carbocycles. The fourth-order valence-corrected chi connectivity index (χ4v) is 2.05. The molecule has 0 unspecified atom stereocenters.